The van der Waals surface area contributed by atoms with Crippen molar-refractivity contribution in [3.8, 4) is 11.8 Å². The number of aryl methyl sites for hydroxylation is 1. The van der Waals surface area contributed by atoms with Crippen LogP contribution in [0.3, 0.4) is 0 Å². The van der Waals surface area contributed by atoms with E-state index in [0.717, 1.165) is 22.6 Å². The zero-order chi connectivity index (χ0) is 14.5. The molecule has 0 aliphatic carbocycles. The van der Waals surface area contributed by atoms with E-state index in [1.165, 1.54) is 0 Å². The minimum Gasteiger partial charge on any atom is -0.496 e. The molecule has 0 amide bonds. The molecule has 102 valence electrons. The first-order valence-electron chi connectivity index (χ1n) is 6.21. The van der Waals surface area contributed by atoms with Gasteiger partial charge in [-0.25, -0.2) is 0 Å². The predicted molar refractivity (Wildman–Crippen MR) is 81.2 cm³/mol. The largest absolute Gasteiger partial charge is 0.496 e. The molecule has 0 aromatic heterocycles. The molecule has 2 aromatic rings. The van der Waals surface area contributed by atoms with E-state index in [2.05, 4.69) is 17.5 Å². The minimum absolute atomic E-state index is 0.569. The molecule has 0 heterocycles. The normalized spacial score (nSPS) is 9.90. The third kappa shape index (κ3) is 3.23. The molecule has 20 heavy (non-hydrogen) atoms. The zero-order valence-electron chi connectivity index (χ0n) is 11.4. The number of anilines is 1. The summed E-state index contributed by atoms with van der Waals surface area (Å²) in [5.41, 5.74) is 3.50. The summed E-state index contributed by atoms with van der Waals surface area (Å²) in [7, 11) is 1.65. The van der Waals surface area contributed by atoms with Gasteiger partial charge >= 0.3 is 0 Å². The number of methoxy groups -OCH3 is 1. The average molecular weight is 287 g/mol. The number of hydrogen-bond donors (Lipinski definition) is 1. The number of ether oxygens (including phenoxy) is 1. The molecule has 0 aliphatic heterocycles. The van der Waals surface area contributed by atoms with Gasteiger partial charge in [0.1, 0.15) is 11.8 Å². The molecule has 0 spiro atoms. The summed E-state index contributed by atoms with van der Waals surface area (Å²) < 4.78 is 5.34. The first-order valence-corrected chi connectivity index (χ1v) is 6.59. The number of nitriles is 1. The van der Waals surface area contributed by atoms with Gasteiger partial charge in [-0.15, -0.1) is 0 Å². The van der Waals surface area contributed by atoms with Crippen LogP contribution in [0.15, 0.2) is 36.4 Å². The Morgan fingerprint density at radius 2 is 2.05 bits per heavy atom. The maximum Gasteiger partial charge on any atom is 0.123 e. The fraction of sp³-hybridized carbons (Fsp3) is 0.188. The summed E-state index contributed by atoms with van der Waals surface area (Å²) in [5, 5.41) is 12.9. The number of nitrogens with one attached hydrogen (secondary N) is 1. The SMILES string of the molecule is COc1ccc(C)cc1CNc1cc(Cl)ccc1C#N. The van der Waals surface area contributed by atoms with Crippen molar-refractivity contribution in [3.05, 3.63) is 58.1 Å². The molecule has 0 aliphatic rings. The molecule has 2 rings (SSSR count). The van der Waals surface area contributed by atoms with Gasteiger partial charge in [0.25, 0.3) is 0 Å². The molecule has 2 aromatic carbocycles. The van der Waals surface area contributed by atoms with Crippen molar-refractivity contribution in [2.75, 3.05) is 12.4 Å². The first-order chi connectivity index (χ1) is 9.63. The van der Waals surface area contributed by atoms with Gasteiger partial charge in [-0.3, -0.25) is 0 Å². The molecule has 4 heteroatoms. The topological polar surface area (TPSA) is 45.0 Å². The third-order valence-electron chi connectivity index (χ3n) is 3.01. The molecular formula is C16H15ClN2O. The van der Waals surface area contributed by atoms with Crippen LogP contribution in [-0.2, 0) is 6.54 Å². The maximum absolute atomic E-state index is 9.09. The number of rotatable bonds is 4. The smallest absolute Gasteiger partial charge is 0.123 e. The van der Waals surface area contributed by atoms with E-state index in [-0.39, 0.29) is 0 Å². The number of halogens is 1. The van der Waals surface area contributed by atoms with Crippen LogP contribution >= 0.6 is 11.6 Å². The average Bonchev–Trinajstić information content (AvgIpc) is 2.45. The van der Waals surface area contributed by atoms with E-state index in [1.807, 2.05) is 19.1 Å². The van der Waals surface area contributed by atoms with Crippen LogP contribution in [-0.4, -0.2) is 7.11 Å². The van der Waals surface area contributed by atoms with E-state index in [0.29, 0.717) is 17.1 Å². The van der Waals surface area contributed by atoms with Crippen LogP contribution in [0.4, 0.5) is 5.69 Å². The van der Waals surface area contributed by atoms with Gasteiger partial charge in [0, 0.05) is 17.1 Å². The second-order valence-electron chi connectivity index (χ2n) is 4.47. The van der Waals surface area contributed by atoms with E-state index in [4.69, 9.17) is 21.6 Å². The van der Waals surface area contributed by atoms with Crippen LogP contribution in [0.25, 0.3) is 0 Å². The quantitative estimate of drug-likeness (QED) is 0.919. The maximum atomic E-state index is 9.09. The van der Waals surface area contributed by atoms with Crippen LogP contribution < -0.4 is 10.1 Å². The summed E-state index contributed by atoms with van der Waals surface area (Å²) in [5.74, 6) is 0.823. The highest BCUT2D eigenvalue weighted by atomic mass is 35.5. The van der Waals surface area contributed by atoms with Crippen molar-refractivity contribution in [1.82, 2.24) is 0 Å². The lowest BCUT2D eigenvalue weighted by Crippen LogP contribution is -2.03. The molecule has 0 fully saturated rings. The predicted octanol–water partition coefficient (Wildman–Crippen LogP) is 4.14. The van der Waals surface area contributed by atoms with Crippen molar-refractivity contribution in [2.45, 2.75) is 13.5 Å². The third-order valence-corrected chi connectivity index (χ3v) is 3.24. The highest BCUT2D eigenvalue weighted by molar-refractivity contribution is 6.30. The Kier molecular flexibility index (Phi) is 4.49. The molecule has 0 bridgehead atoms. The standard InChI is InChI=1S/C16H15ClN2O/c1-11-3-6-16(20-2)13(7-11)10-19-15-8-14(17)5-4-12(15)9-18/h3-8,19H,10H2,1-2H3. The first kappa shape index (κ1) is 14.2. The van der Waals surface area contributed by atoms with Gasteiger partial charge in [0.2, 0.25) is 0 Å². The van der Waals surface area contributed by atoms with Gasteiger partial charge in [-0.1, -0.05) is 29.3 Å². The lowest BCUT2D eigenvalue weighted by Gasteiger charge is -2.12. The second kappa shape index (κ2) is 6.31. The van der Waals surface area contributed by atoms with Gasteiger partial charge in [0.15, 0.2) is 0 Å². The Labute approximate surface area is 123 Å². The van der Waals surface area contributed by atoms with Crippen molar-refractivity contribution >= 4 is 17.3 Å². The zero-order valence-corrected chi connectivity index (χ0v) is 12.2. The minimum atomic E-state index is 0.569. The summed E-state index contributed by atoms with van der Waals surface area (Å²) >= 11 is 5.97. The van der Waals surface area contributed by atoms with E-state index in [9.17, 15) is 0 Å². The fourth-order valence-electron chi connectivity index (χ4n) is 2.00. The second-order valence-corrected chi connectivity index (χ2v) is 4.91. The van der Waals surface area contributed by atoms with E-state index in [1.54, 1.807) is 25.3 Å². The van der Waals surface area contributed by atoms with Crippen LogP contribution in [0.5, 0.6) is 5.75 Å². The molecular weight excluding hydrogens is 272 g/mol. The van der Waals surface area contributed by atoms with Crippen molar-refractivity contribution in [2.24, 2.45) is 0 Å². The lowest BCUT2D eigenvalue weighted by molar-refractivity contribution is 0.410. The van der Waals surface area contributed by atoms with Crippen LogP contribution in [0, 0.1) is 18.3 Å². The Hall–Kier alpha value is -2.18. The Morgan fingerprint density at radius 3 is 2.75 bits per heavy atom. The Bertz CT molecular complexity index is 662. The lowest BCUT2D eigenvalue weighted by atomic mass is 10.1. The van der Waals surface area contributed by atoms with Gasteiger partial charge in [-0.2, -0.15) is 5.26 Å². The Morgan fingerprint density at radius 1 is 1.25 bits per heavy atom. The highest BCUT2D eigenvalue weighted by Crippen LogP contribution is 2.24. The molecule has 0 saturated carbocycles. The number of benzene rings is 2. The number of hydrogen-bond acceptors (Lipinski definition) is 3. The van der Waals surface area contributed by atoms with Crippen LogP contribution in [0.2, 0.25) is 5.02 Å². The van der Waals surface area contributed by atoms with Gasteiger partial charge in [0.05, 0.1) is 18.4 Å². The summed E-state index contributed by atoms with van der Waals surface area (Å²) in [6, 6.07) is 13.3. The van der Waals surface area contributed by atoms with Crippen LogP contribution in [0.1, 0.15) is 16.7 Å². The molecule has 3 nitrogen and oxygen atoms in total. The summed E-state index contributed by atoms with van der Waals surface area (Å²) in [4.78, 5) is 0. The molecule has 0 saturated heterocycles. The fourth-order valence-corrected chi connectivity index (χ4v) is 2.17. The highest BCUT2D eigenvalue weighted by Gasteiger charge is 2.06. The van der Waals surface area contributed by atoms with E-state index >= 15 is 0 Å². The number of nitrogens with zero attached hydrogens (tertiary/aromatic N) is 1. The van der Waals surface area contributed by atoms with Crippen molar-refractivity contribution < 1.29 is 4.74 Å². The van der Waals surface area contributed by atoms with Gasteiger partial charge < -0.3 is 10.1 Å². The molecule has 0 radical (unpaired) electrons. The summed E-state index contributed by atoms with van der Waals surface area (Å²) in [6.07, 6.45) is 0. The summed E-state index contributed by atoms with van der Waals surface area (Å²) in [6.45, 7) is 2.60. The Balaban J connectivity index is 2.23. The molecule has 0 atom stereocenters. The molecule has 0 unspecified atom stereocenters. The van der Waals surface area contributed by atoms with Gasteiger partial charge in [-0.05, 0) is 31.2 Å². The molecule has 1 N–H and O–H groups in total. The van der Waals surface area contributed by atoms with Crippen molar-refractivity contribution in [1.29, 1.82) is 5.26 Å². The van der Waals surface area contributed by atoms with Crippen molar-refractivity contribution in [3.63, 3.8) is 0 Å². The van der Waals surface area contributed by atoms with E-state index < -0.39 is 0 Å². The monoisotopic (exact) mass is 286 g/mol.